The highest BCUT2D eigenvalue weighted by atomic mass is 16.5. The lowest BCUT2D eigenvalue weighted by atomic mass is 9.96. The lowest BCUT2D eigenvalue weighted by molar-refractivity contribution is -0.119. The summed E-state index contributed by atoms with van der Waals surface area (Å²) in [5.74, 6) is 0.242. The molecule has 1 fully saturated rings. The Morgan fingerprint density at radius 2 is 1.68 bits per heavy atom. The van der Waals surface area contributed by atoms with Crippen molar-refractivity contribution in [1.82, 2.24) is 4.90 Å². The molecule has 0 N–H and O–H groups in total. The number of hydrogen-bond donors (Lipinski definition) is 0. The van der Waals surface area contributed by atoms with Gasteiger partial charge in [0.1, 0.15) is 0 Å². The second-order valence-electron chi connectivity index (χ2n) is 6.71. The Morgan fingerprint density at radius 3 is 2.48 bits per heavy atom. The minimum atomic E-state index is 0.242. The fraction of sp³-hybridized carbons (Fsp3) is 0.381. The van der Waals surface area contributed by atoms with E-state index in [-0.39, 0.29) is 5.91 Å². The monoisotopic (exact) mass is 336 g/mol. The first-order valence-electron chi connectivity index (χ1n) is 9.10. The third-order valence-electron chi connectivity index (χ3n) is 5.14. The summed E-state index contributed by atoms with van der Waals surface area (Å²) in [4.78, 5) is 16.9. The molecule has 0 aromatic heterocycles. The van der Waals surface area contributed by atoms with Crippen LogP contribution in [0.3, 0.4) is 0 Å². The van der Waals surface area contributed by atoms with E-state index in [2.05, 4.69) is 47.4 Å². The largest absolute Gasteiger partial charge is 0.379 e. The van der Waals surface area contributed by atoms with E-state index in [1.165, 1.54) is 16.7 Å². The maximum absolute atomic E-state index is 12.6. The van der Waals surface area contributed by atoms with Gasteiger partial charge in [-0.3, -0.25) is 9.69 Å². The normalized spacial score (nSPS) is 18.2. The van der Waals surface area contributed by atoms with Crippen molar-refractivity contribution < 1.29 is 9.53 Å². The molecule has 4 rings (SSSR count). The lowest BCUT2D eigenvalue weighted by Gasteiger charge is -2.33. The van der Waals surface area contributed by atoms with Gasteiger partial charge in [-0.2, -0.15) is 0 Å². The van der Waals surface area contributed by atoms with Crippen LogP contribution in [-0.4, -0.2) is 50.2 Å². The molecule has 1 saturated heterocycles. The molecule has 0 atom stereocenters. The molecular formula is C21H24N2O2. The first kappa shape index (κ1) is 16.3. The molecule has 0 aliphatic carbocycles. The van der Waals surface area contributed by atoms with Gasteiger partial charge in [-0.25, -0.2) is 0 Å². The molecule has 4 heteroatoms. The van der Waals surface area contributed by atoms with Crippen LogP contribution < -0.4 is 4.90 Å². The number of ether oxygens (including phenoxy) is 1. The number of anilines is 1. The number of nitrogens with zero attached hydrogens (tertiary/aromatic N) is 2. The van der Waals surface area contributed by atoms with Gasteiger partial charge in [0, 0.05) is 38.3 Å². The second kappa shape index (κ2) is 7.38. The zero-order chi connectivity index (χ0) is 17.1. The Kier molecular flexibility index (Phi) is 4.81. The van der Waals surface area contributed by atoms with Crippen LogP contribution in [0, 0.1) is 0 Å². The van der Waals surface area contributed by atoms with Crippen LogP contribution in [0.5, 0.6) is 0 Å². The molecule has 4 nitrogen and oxygen atoms in total. The molecular weight excluding hydrogens is 312 g/mol. The Labute approximate surface area is 149 Å². The zero-order valence-electron chi connectivity index (χ0n) is 14.5. The van der Waals surface area contributed by atoms with E-state index in [1.807, 2.05) is 11.0 Å². The van der Waals surface area contributed by atoms with E-state index in [4.69, 9.17) is 4.74 Å². The summed E-state index contributed by atoms with van der Waals surface area (Å²) in [5, 5.41) is 0. The fourth-order valence-electron chi connectivity index (χ4n) is 3.66. The van der Waals surface area contributed by atoms with Crippen molar-refractivity contribution in [2.45, 2.75) is 12.8 Å². The minimum absolute atomic E-state index is 0.242. The molecule has 2 aromatic carbocycles. The molecule has 0 unspecified atom stereocenters. The van der Waals surface area contributed by atoms with Crippen molar-refractivity contribution in [1.29, 1.82) is 0 Å². The molecule has 0 spiro atoms. The van der Waals surface area contributed by atoms with Gasteiger partial charge < -0.3 is 9.64 Å². The van der Waals surface area contributed by atoms with Crippen molar-refractivity contribution in [3.8, 4) is 11.1 Å². The molecule has 130 valence electrons. The highest BCUT2D eigenvalue weighted by Crippen LogP contribution is 2.32. The quantitative estimate of drug-likeness (QED) is 0.860. The predicted molar refractivity (Wildman–Crippen MR) is 99.8 cm³/mol. The van der Waals surface area contributed by atoms with Crippen LogP contribution in [0.25, 0.3) is 11.1 Å². The van der Waals surface area contributed by atoms with Crippen LogP contribution in [0.4, 0.5) is 5.69 Å². The van der Waals surface area contributed by atoms with E-state index < -0.39 is 0 Å². The number of carbonyl (C=O) groups excluding carboxylic acids is 1. The Hall–Kier alpha value is -2.17. The summed E-state index contributed by atoms with van der Waals surface area (Å²) >= 11 is 0. The van der Waals surface area contributed by atoms with E-state index >= 15 is 0 Å². The fourth-order valence-corrected chi connectivity index (χ4v) is 3.66. The van der Waals surface area contributed by atoms with Gasteiger partial charge in [-0.1, -0.05) is 42.5 Å². The highest BCUT2D eigenvalue weighted by molar-refractivity contribution is 5.97. The molecule has 2 aliphatic heterocycles. The van der Waals surface area contributed by atoms with Gasteiger partial charge in [0.15, 0.2) is 0 Å². The number of amides is 1. The Bertz CT molecular complexity index is 739. The second-order valence-corrected chi connectivity index (χ2v) is 6.71. The smallest absolute Gasteiger partial charge is 0.227 e. The summed E-state index contributed by atoms with van der Waals surface area (Å²) in [6.45, 7) is 5.16. The first-order valence-corrected chi connectivity index (χ1v) is 9.10. The topological polar surface area (TPSA) is 32.8 Å². The molecule has 0 saturated carbocycles. The van der Waals surface area contributed by atoms with Gasteiger partial charge in [-0.15, -0.1) is 0 Å². The van der Waals surface area contributed by atoms with Gasteiger partial charge in [0.2, 0.25) is 5.91 Å². The molecule has 2 heterocycles. The summed E-state index contributed by atoms with van der Waals surface area (Å²) in [6.07, 6.45) is 1.46. The molecule has 0 bridgehead atoms. The third-order valence-corrected chi connectivity index (χ3v) is 5.14. The zero-order valence-corrected chi connectivity index (χ0v) is 14.5. The van der Waals surface area contributed by atoms with Crippen LogP contribution in [-0.2, 0) is 16.0 Å². The van der Waals surface area contributed by atoms with E-state index in [9.17, 15) is 4.79 Å². The number of carbonyl (C=O) groups is 1. The maximum atomic E-state index is 12.6. The molecule has 25 heavy (non-hydrogen) atoms. The minimum Gasteiger partial charge on any atom is -0.379 e. The molecule has 0 radical (unpaired) electrons. The SMILES string of the molecule is O=C1CCc2ccc(-c3ccccc3)cc2N1CCN1CCOCC1. The molecule has 1 amide bonds. The number of hydrogen-bond acceptors (Lipinski definition) is 3. The van der Waals surface area contributed by atoms with Crippen molar-refractivity contribution >= 4 is 11.6 Å². The average molecular weight is 336 g/mol. The van der Waals surface area contributed by atoms with Gasteiger partial charge in [0.05, 0.1) is 13.2 Å². The lowest BCUT2D eigenvalue weighted by Crippen LogP contribution is -2.44. The van der Waals surface area contributed by atoms with E-state index in [0.29, 0.717) is 6.42 Å². The number of morpholine rings is 1. The van der Waals surface area contributed by atoms with Crippen LogP contribution in [0.15, 0.2) is 48.5 Å². The number of aryl methyl sites for hydroxylation is 1. The maximum Gasteiger partial charge on any atom is 0.227 e. The summed E-state index contributed by atoms with van der Waals surface area (Å²) < 4.78 is 5.41. The predicted octanol–water partition coefficient (Wildman–Crippen LogP) is 2.97. The number of fused-ring (bicyclic) bond motifs is 1. The van der Waals surface area contributed by atoms with Gasteiger partial charge >= 0.3 is 0 Å². The van der Waals surface area contributed by atoms with Gasteiger partial charge in [-0.05, 0) is 29.2 Å². The molecule has 2 aliphatic rings. The van der Waals surface area contributed by atoms with E-state index in [0.717, 1.165) is 51.5 Å². The number of rotatable bonds is 4. The van der Waals surface area contributed by atoms with Crippen molar-refractivity contribution in [3.63, 3.8) is 0 Å². The van der Waals surface area contributed by atoms with Crippen molar-refractivity contribution in [2.24, 2.45) is 0 Å². The summed E-state index contributed by atoms with van der Waals surface area (Å²) in [7, 11) is 0. The summed E-state index contributed by atoms with van der Waals surface area (Å²) in [5.41, 5.74) is 4.73. The number of benzene rings is 2. The van der Waals surface area contributed by atoms with Crippen LogP contribution in [0.2, 0.25) is 0 Å². The summed E-state index contributed by atoms with van der Waals surface area (Å²) in [6, 6.07) is 16.9. The standard InChI is InChI=1S/C21H24N2O2/c24-21-9-8-18-6-7-19(17-4-2-1-3-5-17)16-20(18)23(21)11-10-22-12-14-25-15-13-22/h1-7,16H,8-15H2. The van der Waals surface area contributed by atoms with Gasteiger partial charge in [0.25, 0.3) is 0 Å². The average Bonchev–Trinajstić information content (AvgIpc) is 2.68. The Morgan fingerprint density at radius 1 is 0.880 bits per heavy atom. The third kappa shape index (κ3) is 3.60. The van der Waals surface area contributed by atoms with Crippen molar-refractivity contribution in [2.75, 3.05) is 44.3 Å². The Balaban J connectivity index is 1.57. The van der Waals surface area contributed by atoms with E-state index in [1.54, 1.807) is 0 Å². The molecule has 2 aromatic rings. The highest BCUT2D eigenvalue weighted by Gasteiger charge is 2.25. The van der Waals surface area contributed by atoms with Crippen LogP contribution in [0.1, 0.15) is 12.0 Å². The first-order chi connectivity index (χ1) is 12.3. The van der Waals surface area contributed by atoms with Crippen LogP contribution >= 0.6 is 0 Å². The van der Waals surface area contributed by atoms with Crippen molar-refractivity contribution in [3.05, 3.63) is 54.1 Å².